The molecule has 1 heterocycles. The fourth-order valence-corrected chi connectivity index (χ4v) is 1.57. The van der Waals surface area contributed by atoms with Crippen molar-refractivity contribution in [2.75, 3.05) is 0 Å². The first-order valence-corrected chi connectivity index (χ1v) is 5.08. The summed E-state index contributed by atoms with van der Waals surface area (Å²) in [5.41, 5.74) is 1.93. The van der Waals surface area contributed by atoms with E-state index in [4.69, 9.17) is 5.11 Å². The third-order valence-electron chi connectivity index (χ3n) is 2.55. The van der Waals surface area contributed by atoms with Crippen LogP contribution in [0.25, 0.3) is 11.1 Å². The lowest BCUT2D eigenvalue weighted by Crippen LogP contribution is -2.13. The maximum absolute atomic E-state index is 11.2. The van der Waals surface area contributed by atoms with Gasteiger partial charge in [0, 0.05) is 19.3 Å². The van der Waals surface area contributed by atoms with Crippen molar-refractivity contribution in [1.29, 1.82) is 0 Å². The van der Waals surface area contributed by atoms with E-state index < -0.39 is 5.97 Å². The van der Waals surface area contributed by atoms with Gasteiger partial charge in [-0.1, -0.05) is 12.1 Å². The van der Waals surface area contributed by atoms with Crippen molar-refractivity contribution in [3.63, 3.8) is 0 Å². The fraction of sp³-hybridized carbons (Fsp3) is 0.0769. The zero-order valence-corrected chi connectivity index (χ0v) is 9.25. The van der Waals surface area contributed by atoms with Crippen LogP contribution in [0, 0.1) is 0 Å². The molecule has 17 heavy (non-hydrogen) atoms. The Morgan fingerprint density at radius 2 is 1.65 bits per heavy atom. The molecule has 0 fully saturated rings. The topological polar surface area (TPSA) is 59.3 Å². The molecule has 0 saturated carbocycles. The second-order valence-electron chi connectivity index (χ2n) is 3.75. The molecule has 0 unspecified atom stereocenters. The molecule has 1 aromatic heterocycles. The van der Waals surface area contributed by atoms with Crippen LogP contribution in [0.15, 0.2) is 47.4 Å². The molecule has 0 aliphatic carbocycles. The van der Waals surface area contributed by atoms with Crippen LogP contribution in [0.4, 0.5) is 0 Å². The second kappa shape index (κ2) is 4.25. The molecule has 0 aliphatic rings. The normalized spacial score (nSPS) is 10.2. The van der Waals surface area contributed by atoms with Crippen molar-refractivity contribution in [3.05, 3.63) is 58.5 Å². The average molecular weight is 229 g/mol. The molecule has 2 aromatic rings. The van der Waals surface area contributed by atoms with Gasteiger partial charge in [0.05, 0.1) is 5.56 Å². The number of carboxylic acids is 1. The van der Waals surface area contributed by atoms with E-state index in [2.05, 4.69) is 0 Å². The van der Waals surface area contributed by atoms with Crippen molar-refractivity contribution in [2.45, 2.75) is 0 Å². The summed E-state index contributed by atoms with van der Waals surface area (Å²) in [5.74, 6) is -0.947. The van der Waals surface area contributed by atoms with Crippen LogP contribution < -0.4 is 5.56 Å². The summed E-state index contributed by atoms with van der Waals surface area (Å²) in [6, 6.07) is 9.75. The Balaban J connectivity index is 2.43. The van der Waals surface area contributed by atoms with Gasteiger partial charge in [0.1, 0.15) is 0 Å². The first-order chi connectivity index (χ1) is 8.08. The van der Waals surface area contributed by atoms with Gasteiger partial charge in [0.2, 0.25) is 5.56 Å². The van der Waals surface area contributed by atoms with E-state index in [0.29, 0.717) is 0 Å². The monoisotopic (exact) mass is 229 g/mol. The number of carbonyl (C=O) groups is 1. The number of benzene rings is 1. The maximum atomic E-state index is 11.2. The van der Waals surface area contributed by atoms with E-state index in [1.165, 1.54) is 10.6 Å². The lowest BCUT2D eigenvalue weighted by molar-refractivity contribution is 0.0697. The number of rotatable bonds is 2. The van der Waals surface area contributed by atoms with Crippen molar-refractivity contribution in [2.24, 2.45) is 7.05 Å². The Hall–Kier alpha value is -2.36. The molecule has 1 N–H and O–H groups in total. The predicted octanol–water partition coefficient (Wildman–Crippen LogP) is 1.75. The van der Waals surface area contributed by atoms with Crippen molar-refractivity contribution in [3.8, 4) is 11.1 Å². The van der Waals surface area contributed by atoms with Gasteiger partial charge >= 0.3 is 5.97 Å². The largest absolute Gasteiger partial charge is 0.478 e. The van der Waals surface area contributed by atoms with Crippen LogP contribution in [0.3, 0.4) is 0 Å². The van der Waals surface area contributed by atoms with E-state index in [1.807, 2.05) is 0 Å². The molecular formula is C13H11NO3. The van der Waals surface area contributed by atoms with Gasteiger partial charge in [-0.3, -0.25) is 4.79 Å². The van der Waals surface area contributed by atoms with Crippen LogP contribution >= 0.6 is 0 Å². The smallest absolute Gasteiger partial charge is 0.335 e. The van der Waals surface area contributed by atoms with Gasteiger partial charge < -0.3 is 9.67 Å². The number of aromatic nitrogens is 1. The molecular weight excluding hydrogens is 218 g/mol. The van der Waals surface area contributed by atoms with E-state index in [0.717, 1.165) is 11.1 Å². The number of hydrogen-bond acceptors (Lipinski definition) is 2. The number of aryl methyl sites for hydroxylation is 1. The van der Waals surface area contributed by atoms with Gasteiger partial charge in [-0.2, -0.15) is 0 Å². The molecule has 0 saturated heterocycles. The van der Waals surface area contributed by atoms with Gasteiger partial charge in [-0.05, 0) is 29.3 Å². The fourth-order valence-electron chi connectivity index (χ4n) is 1.57. The van der Waals surface area contributed by atoms with E-state index in [1.54, 1.807) is 43.6 Å². The predicted molar refractivity (Wildman–Crippen MR) is 64.1 cm³/mol. The van der Waals surface area contributed by atoms with Crippen molar-refractivity contribution >= 4 is 5.97 Å². The SMILES string of the molecule is Cn1cc(-c2ccc(C(=O)O)cc2)ccc1=O. The highest BCUT2D eigenvalue weighted by Gasteiger charge is 2.03. The Morgan fingerprint density at radius 1 is 1.06 bits per heavy atom. The van der Waals surface area contributed by atoms with Gasteiger partial charge in [-0.15, -0.1) is 0 Å². The number of nitrogens with zero attached hydrogens (tertiary/aromatic N) is 1. The van der Waals surface area contributed by atoms with Crippen LogP contribution in [0.1, 0.15) is 10.4 Å². The van der Waals surface area contributed by atoms with Gasteiger partial charge in [0.15, 0.2) is 0 Å². The average Bonchev–Trinajstić information content (AvgIpc) is 2.33. The van der Waals surface area contributed by atoms with Crippen molar-refractivity contribution < 1.29 is 9.90 Å². The second-order valence-corrected chi connectivity index (χ2v) is 3.75. The minimum absolute atomic E-state index is 0.0732. The lowest BCUT2D eigenvalue weighted by Gasteiger charge is -2.04. The highest BCUT2D eigenvalue weighted by atomic mass is 16.4. The minimum atomic E-state index is -0.947. The van der Waals surface area contributed by atoms with Crippen LogP contribution in [-0.4, -0.2) is 15.6 Å². The molecule has 0 bridgehead atoms. The summed E-state index contributed by atoms with van der Waals surface area (Å²) < 4.78 is 1.49. The number of carboxylic acid groups (broad SMARTS) is 1. The van der Waals surface area contributed by atoms with Crippen molar-refractivity contribution in [1.82, 2.24) is 4.57 Å². The minimum Gasteiger partial charge on any atom is -0.478 e. The van der Waals surface area contributed by atoms with Crippen LogP contribution in [0.5, 0.6) is 0 Å². The first-order valence-electron chi connectivity index (χ1n) is 5.08. The number of aromatic carboxylic acids is 1. The summed E-state index contributed by atoms with van der Waals surface area (Å²) in [6.45, 7) is 0. The quantitative estimate of drug-likeness (QED) is 0.853. The van der Waals surface area contributed by atoms with Crippen LogP contribution in [-0.2, 0) is 7.05 Å². The Morgan fingerprint density at radius 3 is 2.18 bits per heavy atom. The summed E-state index contributed by atoms with van der Waals surface area (Å²) >= 11 is 0. The summed E-state index contributed by atoms with van der Waals surface area (Å²) in [4.78, 5) is 21.9. The molecule has 4 nitrogen and oxygen atoms in total. The molecule has 0 amide bonds. The number of hydrogen-bond donors (Lipinski definition) is 1. The summed E-state index contributed by atoms with van der Waals surface area (Å²) in [5, 5.41) is 8.78. The number of pyridine rings is 1. The molecule has 2 rings (SSSR count). The molecule has 1 aromatic carbocycles. The van der Waals surface area contributed by atoms with E-state index in [-0.39, 0.29) is 11.1 Å². The third kappa shape index (κ3) is 2.25. The zero-order chi connectivity index (χ0) is 12.4. The highest BCUT2D eigenvalue weighted by molar-refractivity contribution is 5.88. The van der Waals surface area contributed by atoms with Gasteiger partial charge in [-0.25, -0.2) is 4.79 Å². The molecule has 4 heteroatoms. The van der Waals surface area contributed by atoms with E-state index >= 15 is 0 Å². The first kappa shape index (κ1) is 11.1. The molecule has 0 radical (unpaired) electrons. The van der Waals surface area contributed by atoms with Gasteiger partial charge in [0.25, 0.3) is 0 Å². The lowest BCUT2D eigenvalue weighted by atomic mass is 10.1. The molecule has 0 atom stereocenters. The molecule has 0 spiro atoms. The molecule has 86 valence electrons. The van der Waals surface area contributed by atoms with E-state index in [9.17, 15) is 9.59 Å². The maximum Gasteiger partial charge on any atom is 0.335 e. The third-order valence-corrected chi connectivity index (χ3v) is 2.55. The Labute approximate surface area is 97.8 Å². The highest BCUT2D eigenvalue weighted by Crippen LogP contribution is 2.18. The Bertz CT molecular complexity index is 611. The standard InChI is InChI=1S/C13H11NO3/c1-14-8-11(6-7-12(14)15)9-2-4-10(5-3-9)13(16)17/h2-8H,1H3,(H,16,17). The molecule has 0 aliphatic heterocycles. The zero-order valence-electron chi connectivity index (χ0n) is 9.25. The summed E-state index contributed by atoms with van der Waals surface area (Å²) in [7, 11) is 1.68. The summed E-state index contributed by atoms with van der Waals surface area (Å²) in [6.07, 6.45) is 1.72. The van der Waals surface area contributed by atoms with Crippen LogP contribution in [0.2, 0.25) is 0 Å². The Kier molecular flexibility index (Phi) is 2.78.